The molecule has 0 atom stereocenters. The van der Waals surface area contributed by atoms with Crippen LogP contribution in [0.3, 0.4) is 0 Å². The van der Waals surface area contributed by atoms with Gasteiger partial charge < -0.3 is 0 Å². The normalized spacial score (nSPS) is 10.2. The van der Waals surface area contributed by atoms with E-state index < -0.39 is 0 Å². The van der Waals surface area contributed by atoms with E-state index in [2.05, 4.69) is 55.5 Å². The van der Waals surface area contributed by atoms with Crippen LogP contribution in [0.4, 0.5) is 0 Å². The fourth-order valence-corrected chi connectivity index (χ4v) is 2.26. The summed E-state index contributed by atoms with van der Waals surface area (Å²) in [6, 6.07) is 4.40. The van der Waals surface area contributed by atoms with Gasteiger partial charge in [-0.25, -0.2) is 0 Å². The third-order valence-electron chi connectivity index (χ3n) is 2.02. The van der Waals surface area contributed by atoms with Crippen molar-refractivity contribution in [1.29, 1.82) is 0 Å². The monoisotopic (exact) mass is 260 g/mol. The number of hydrogen-bond donors (Lipinski definition) is 0. The maximum absolute atomic E-state index is 2.43. The Morgan fingerprint density at radius 2 is 1.73 bits per heavy atom. The van der Waals surface area contributed by atoms with E-state index in [0.717, 1.165) is 6.42 Å². The van der Waals surface area contributed by atoms with Gasteiger partial charge in [-0.2, -0.15) is 0 Å². The van der Waals surface area contributed by atoms with Gasteiger partial charge >= 0.3 is 0 Å². The van der Waals surface area contributed by atoms with Crippen molar-refractivity contribution < 1.29 is 0 Å². The fourth-order valence-electron chi connectivity index (χ4n) is 1.27. The van der Waals surface area contributed by atoms with Crippen LogP contribution in [0.2, 0.25) is 0 Å². The summed E-state index contributed by atoms with van der Waals surface area (Å²) >= 11 is 2.43. The highest BCUT2D eigenvalue weighted by molar-refractivity contribution is 14.1. The van der Waals surface area contributed by atoms with Gasteiger partial charge in [-0.1, -0.05) is 19.1 Å². The maximum Gasteiger partial charge on any atom is 0.0194 e. The first kappa shape index (κ1) is 9.04. The largest absolute Gasteiger partial charge is 0.0612 e. The van der Waals surface area contributed by atoms with Gasteiger partial charge in [0.05, 0.1) is 0 Å². The molecule has 0 spiro atoms. The average molecular weight is 260 g/mol. The quantitative estimate of drug-likeness (QED) is 0.678. The molecule has 1 aromatic rings. The van der Waals surface area contributed by atoms with Crippen molar-refractivity contribution >= 4 is 22.6 Å². The Morgan fingerprint density at radius 1 is 1.18 bits per heavy atom. The van der Waals surface area contributed by atoms with Crippen LogP contribution in [0.5, 0.6) is 0 Å². The summed E-state index contributed by atoms with van der Waals surface area (Å²) < 4.78 is 1.44. The molecule has 0 saturated heterocycles. The summed E-state index contributed by atoms with van der Waals surface area (Å²) in [4.78, 5) is 0. The van der Waals surface area contributed by atoms with Crippen molar-refractivity contribution in [2.75, 3.05) is 0 Å². The van der Waals surface area contributed by atoms with Crippen molar-refractivity contribution in [3.63, 3.8) is 0 Å². The van der Waals surface area contributed by atoms with E-state index in [9.17, 15) is 0 Å². The molecule has 0 N–H and O–H groups in total. The molecule has 1 heteroatoms. The summed E-state index contributed by atoms with van der Waals surface area (Å²) in [5, 5.41) is 0. The number of benzene rings is 1. The van der Waals surface area contributed by atoms with Crippen LogP contribution in [0, 0.1) is 17.4 Å². The Bertz CT molecular complexity index is 264. The van der Waals surface area contributed by atoms with Crippen molar-refractivity contribution in [1.82, 2.24) is 0 Å². The molecule has 0 bridgehead atoms. The van der Waals surface area contributed by atoms with Gasteiger partial charge in [0.15, 0.2) is 0 Å². The second-order valence-corrected chi connectivity index (χ2v) is 3.92. The van der Waals surface area contributed by atoms with Gasteiger partial charge in [-0.05, 0) is 59.5 Å². The van der Waals surface area contributed by atoms with Gasteiger partial charge in [0.1, 0.15) is 0 Å². The molecule has 0 aromatic heterocycles. The molecule has 0 saturated carbocycles. The zero-order chi connectivity index (χ0) is 8.43. The summed E-state index contributed by atoms with van der Waals surface area (Å²) in [5.74, 6) is 0. The Morgan fingerprint density at radius 3 is 2.18 bits per heavy atom. The predicted molar refractivity (Wildman–Crippen MR) is 58.0 cm³/mol. The lowest BCUT2D eigenvalue weighted by Crippen LogP contribution is -1.93. The Kier molecular flexibility index (Phi) is 2.93. The minimum atomic E-state index is 1.14. The Hall–Kier alpha value is -0.0500. The minimum absolute atomic E-state index is 1.14. The first-order valence-electron chi connectivity index (χ1n) is 3.91. The topological polar surface area (TPSA) is 0 Å². The molecule has 0 aliphatic rings. The molecule has 1 rings (SSSR count). The molecule has 0 radical (unpaired) electrons. The SMILES string of the molecule is CCc1c(C)ccc(C)c1I. The summed E-state index contributed by atoms with van der Waals surface area (Å²) in [6.07, 6.45) is 1.14. The van der Waals surface area contributed by atoms with E-state index in [-0.39, 0.29) is 0 Å². The summed E-state index contributed by atoms with van der Waals surface area (Å²) in [5.41, 5.74) is 4.32. The number of aryl methyl sites for hydroxylation is 2. The lowest BCUT2D eigenvalue weighted by molar-refractivity contribution is 1.08. The molecule has 0 fully saturated rings. The van der Waals surface area contributed by atoms with Gasteiger partial charge in [0, 0.05) is 3.57 Å². The fraction of sp³-hybridized carbons (Fsp3) is 0.400. The Balaban J connectivity index is 3.29. The molecule has 1 aromatic carbocycles. The molecule has 0 unspecified atom stereocenters. The number of halogens is 1. The zero-order valence-electron chi connectivity index (χ0n) is 7.24. The molecule has 0 heterocycles. The zero-order valence-corrected chi connectivity index (χ0v) is 9.40. The van der Waals surface area contributed by atoms with E-state index in [1.807, 2.05) is 0 Å². The highest BCUT2D eigenvalue weighted by atomic mass is 127. The van der Waals surface area contributed by atoms with Crippen LogP contribution in [0.1, 0.15) is 23.6 Å². The van der Waals surface area contributed by atoms with Crippen molar-refractivity contribution in [2.24, 2.45) is 0 Å². The van der Waals surface area contributed by atoms with Crippen molar-refractivity contribution in [2.45, 2.75) is 27.2 Å². The summed E-state index contributed by atoms with van der Waals surface area (Å²) in [6.45, 7) is 6.56. The average Bonchev–Trinajstić information content (AvgIpc) is 1.99. The van der Waals surface area contributed by atoms with Crippen molar-refractivity contribution in [3.8, 4) is 0 Å². The first-order valence-corrected chi connectivity index (χ1v) is 4.99. The van der Waals surface area contributed by atoms with Crippen LogP contribution in [0.15, 0.2) is 12.1 Å². The first-order chi connectivity index (χ1) is 5.16. The molecule has 60 valence electrons. The highest BCUT2D eigenvalue weighted by Crippen LogP contribution is 2.20. The van der Waals surface area contributed by atoms with Gasteiger partial charge in [-0.3, -0.25) is 0 Å². The van der Waals surface area contributed by atoms with Gasteiger partial charge in [-0.15, -0.1) is 0 Å². The standard InChI is InChI=1S/C10H13I/c1-4-9-7(2)5-6-8(3)10(9)11/h5-6H,4H2,1-3H3. The lowest BCUT2D eigenvalue weighted by atomic mass is 10.0. The molecular weight excluding hydrogens is 247 g/mol. The van der Waals surface area contributed by atoms with Crippen LogP contribution < -0.4 is 0 Å². The van der Waals surface area contributed by atoms with E-state index in [4.69, 9.17) is 0 Å². The third kappa shape index (κ3) is 1.75. The van der Waals surface area contributed by atoms with Gasteiger partial charge in [0.2, 0.25) is 0 Å². The number of rotatable bonds is 1. The minimum Gasteiger partial charge on any atom is -0.0612 e. The van der Waals surface area contributed by atoms with Crippen LogP contribution in [0.25, 0.3) is 0 Å². The van der Waals surface area contributed by atoms with E-state index in [1.165, 1.54) is 20.3 Å². The summed E-state index contributed by atoms with van der Waals surface area (Å²) in [7, 11) is 0. The highest BCUT2D eigenvalue weighted by Gasteiger charge is 2.02. The molecular formula is C10H13I. The second-order valence-electron chi connectivity index (χ2n) is 2.85. The van der Waals surface area contributed by atoms with Gasteiger partial charge in [0.25, 0.3) is 0 Å². The smallest absolute Gasteiger partial charge is 0.0194 e. The van der Waals surface area contributed by atoms with E-state index >= 15 is 0 Å². The molecule has 0 nitrogen and oxygen atoms in total. The molecule has 0 amide bonds. The van der Waals surface area contributed by atoms with Crippen LogP contribution in [-0.2, 0) is 6.42 Å². The van der Waals surface area contributed by atoms with Crippen LogP contribution in [-0.4, -0.2) is 0 Å². The predicted octanol–water partition coefficient (Wildman–Crippen LogP) is 3.47. The van der Waals surface area contributed by atoms with Crippen LogP contribution >= 0.6 is 22.6 Å². The third-order valence-corrected chi connectivity index (χ3v) is 3.53. The molecule has 0 aliphatic carbocycles. The molecule has 0 aliphatic heterocycles. The van der Waals surface area contributed by atoms with E-state index in [1.54, 1.807) is 0 Å². The lowest BCUT2D eigenvalue weighted by Gasteiger charge is -2.07. The Labute approximate surface area is 82.2 Å². The molecule has 11 heavy (non-hydrogen) atoms. The van der Waals surface area contributed by atoms with E-state index in [0.29, 0.717) is 0 Å². The number of hydrogen-bond acceptors (Lipinski definition) is 0. The second kappa shape index (κ2) is 3.57. The van der Waals surface area contributed by atoms with Crippen molar-refractivity contribution in [3.05, 3.63) is 32.4 Å². The maximum atomic E-state index is 2.43.